The summed E-state index contributed by atoms with van der Waals surface area (Å²) in [6, 6.07) is 24.1. The van der Waals surface area contributed by atoms with Gasteiger partial charge in [-0.2, -0.15) is 0 Å². The number of hydrogen-bond donors (Lipinski definition) is 2. The number of carbonyl (C=O) groups is 1. The first-order chi connectivity index (χ1) is 15.5. The monoisotopic (exact) mass is 427 g/mol. The highest BCUT2D eigenvalue weighted by Gasteiger charge is 2.11. The van der Waals surface area contributed by atoms with Crippen LogP contribution in [0.2, 0.25) is 0 Å². The Morgan fingerprint density at radius 2 is 1.59 bits per heavy atom. The number of nitrogens with one attached hydrogen (secondary N) is 2. The van der Waals surface area contributed by atoms with E-state index in [4.69, 9.17) is 0 Å². The zero-order valence-corrected chi connectivity index (χ0v) is 17.9. The van der Waals surface area contributed by atoms with E-state index in [1.807, 2.05) is 25.1 Å². The Morgan fingerprint density at radius 3 is 2.34 bits per heavy atom. The maximum atomic E-state index is 12.7. The summed E-state index contributed by atoms with van der Waals surface area (Å²) in [7, 11) is 0. The highest BCUT2D eigenvalue weighted by atomic mass is 16.2. The lowest BCUT2D eigenvalue weighted by molar-refractivity contribution is 0.0938. The Kier molecular flexibility index (Phi) is 6.31. The van der Waals surface area contributed by atoms with Crippen LogP contribution >= 0.6 is 0 Å². The highest BCUT2D eigenvalue weighted by molar-refractivity contribution is 5.94. The highest BCUT2D eigenvalue weighted by Crippen LogP contribution is 2.09. The van der Waals surface area contributed by atoms with Gasteiger partial charge in [0.2, 0.25) is 0 Å². The second-order valence-corrected chi connectivity index (χ2v) is 7.96. The molecule has 3 aromatic carbocycles. The van der Waals surface area contributed by atoms with Gasteiger partial charge >= 0.3 is 5.69 Å². The molecule has 0 aliphatic heterocycles. The summed E-state index contributed by atoms with van der Waals surface area (Å²) in [6.07, 6.45) is 1.75. The number of aromatic nitrogens is 2. The van der Waals surface area contributed by atoms with Crippen LogP contribution in [0.4, 0.5) is 0 Å². The van der Waals surface area contributed by atoms with Crippen LogP contribution in [0.5, 0.6) is 0 Å². The van der Waals surface area contributed by atoms with Gasteiger partial charge in [-0.05, 0) is 55.2 Å². The lowest BCUT2D eigenvalue weighted by Crippen LogP contribution is -2.35. The second kappa shape index (κ2) is 9.47. The maximum absolute atomic E-state index is 12.7. The number of aryl methyl sites for hydroxylation is 1. The number of hydrogen-bond acceptors (Lipinski definition) is 3. The summed E-state index contributed by atoms with van der Waals surface area (Å²) in [4.78, 5) is 40.4. The van der Waals surface area contributed by atoms with Gasteiger partial charge in [-0.15, -0.1) is 0 Å². The third kappa shape index (κ3) is 4.86. The molecule has 0 radical (unpaired) electrons. The molecule has 1 atom stereocenters. The molecule has 0 bridgehead atoms. The minimum atomic E-state index is -0.456. The summed E-state index contributed by atoms with van der Waals surface area (Å²) in [5, 5.41) is 3.49. The van der Waals surface area contributed by atoms with Gasteiger partial charge in [0.1, 0.15) is 0 Å². The van der Waals surface area contributed by atoms with Crippen LogP contribution in [0.15, 0.2) is 88.5 Å². The number of para-hydroxylation sites is 1. The van der Waals surface area contributed by atoms with Gasteiger partial charge in [-0.25, -0.2) is 4.79 Å². The number of carbonyl (C=O) groups excluding carboxylic acids is 1. The normalized spacial score (nSPS) is 11.9. The predicted molar refractivity (Wildman–Crippen MR) is 126 cm³/mol. The molecule has 0 aliphatic carbocycles. The molecule has 0 fully saturated rings. The van der Waals surface area contributed by atoms with Crippen molar-refractivity contribution in [3.8, 4) is 0 Å². The third-order valence-corrected chi connectivity index (χ3v) is 5.53. The van der Waals surface area contributed by atoms with E-state index in [0.717, 1.165) is 18.4 Å². The van der Waals surface area contributed by atoms with Gasteiger partial charge in [0.25, 0.3) is 11.5 Å². The number of nitrogens with zero attached hydrogens (tertiary/aromatic N) is 1. The van der Waals surface area contributed by atoms with Crippen LogP contribution in [-0.4, -0.2) is 21.5 Å². The number of aromatic amines is 1. The molecule has 0 spiro atoms. The first-order valence-corrected chi connectivity index (χ1v) is 10.7. The quantitative estimate of drug-likeness (QED) is 0.474. The topological polar surface area (TPSA) is 84.0 Å². The molecule has 1 aromatic heterocycles. The Labute approximate surface area is 185 Å². The lowest BCUT2D eigenvalue weighted by Gasteiger charge is -2.14. The molecule has 4 rings (SSSR count). The Bertz CT molecular complexity index is 1340. The van der Waals surface area contributed by atoms with E-state index >= 15 is 0 Å². The van der Waals surface area contributed by atoms with E-state index in [9.17, 15) is 14.4 Å². The minimum Gasteiger partial charge on any atom is -0.350 e. The molecule has 4 aromatic rings. The van der Waals surface area contributed by atoms with Crippen molar-refractivity contribution in [2.45, 2.75) is 32.4 Å². The number of amides is 1. The zero-order chi connectivity index (χ0) is 22.5. The molecule has 162 valence electrons. The third-order valence-electron chi connectivity index (χ3n) is 5.53. The molecule has 0 aliphatic rings. The number of H-pyrrole nitrogens is 1. The number of fused-ring (bicyclic) bond motifs is 1. The first-order valence-electron chi connectivity index (χ1n) is 10.7. The fourth-order valence-electron chi connectivity index (χ4n) is 3.69. The zero-order valence-electron chi connectivity index (χ0n) is 17.9. The molecular weight excluding hydrogens is 402 g/mol. The average Bonchev–Trinajstić information content (AvgIpc) is 2.81. The smallest absolute Gasteiger partial charge is 0.329 e. The van der Waals surface area contributed by atoms with Gasteiger partial charge < -0.3 is 10.3 Å². The fraction of sp³-hybridized carbons (Fsp3) is 0.192. The average molecular weight is 428 g/mol. The van der Waals surface area contributed by atoms with Crippen LogP contribution in [0.1, 0.15) is 34.8 Å². The van der Waals surface area contributed by atoms with Gasteiger partial charge in [0.05, 0.1) is 17.4 Å². The summed E-state index contributed by atoms with van der Waals surface area (Å²) in [6.45, 7) is 2.13. The largest absolute Gasteiger partial charge is 0.350 e. The Morgan fingerprint density at radius 1 is 0.906 bits per heavy atom. The van der Waals surface area contributed by atoms with Gasteiger partial charge in [-0.1, -0.05) is 54.6 Å². The standard InChI is InChI=1S/C26H25N3O3/c1-18(11-12-19-7-3-2-4-8-19)27-24(30)21-15-13-20(14-16-21)17-29-25(31)22-9-5-6-10-23(22)28-26(29)32/h2-10,13-16,18H,11-12,17H2,1H3,(H,27,30)(H,28,32)/t18-/m0/s1. The summed E-state index contributed by atoms with van der Waals surface area (Å²) >= 11 is 0. The SMILES string of the molecule is C[C@@H](CCc1ccccc1)NC(=O)c1ccc(Cn2c(=O)[nH]c3ccccc3c2=O)cc1. The van der Waals surface area contributed by atoms with Gasteiger partial charge in [0.15, 0.2) is 0 Å². The van der Waals surface area contributed by atoms with Gasteiger partial charge in [0, 0.05) is 11.6 Å². The van der Waals surface area contributed by atoms with Crippen molar-refractivity contribution in [1.82, 2.24) is 14.9 Å². The molecular formula is C26H25N3O3. The van der Waals surface area contributed by atoms with Crippen LogP contribution in [0.25, 0.3) is 10.9 Å². The minimum absolute atomic E-state index is 0.0390. The van der Waals surface area contributed by atoms with E-state index in [0.29, 0.717) is 16.5 Å². The Balaban J connectivity index is 1.41. The van der Waals surface area contributed by atoms with Crippen LogP contribution in [0, 0.1) is 0 Å². The molecule has 32 heavy (non-hydrogen) atoms. The molecule has 6 nitrogen and oxygen atoms in total. The van der Waals surface area contributed by atoms with Gasteiger partial charge in [-0.3, -0.25) is 14.2 Å². The molecule has 0 saturated heterocycles. The summed E-state index contributed by atoms with van der Waals surface area (Å²) < 4.78 is 1.17. The van der Waals surface area contributed by atoms with E-state index in [1.165, 1.54) is 10.1 Å². The molecule has 2 N–H and O–H groups in total. The van der Waals surface area contributed by atoms with Crippen molar-refractivity contribution in [3.05, 3.63) is 116 Å². The summed E-state index contributed by atoms with van der Waals surface area (Å²) in [5.74, 6) is -0.141. The first kappa shape index (κ1) is 21.3. The van der Waals surface area contributed by atoms with E-state index in [2.05, 4.69) is 22.4 Å². The molecule has 0 unspecified atom stereocenters. The fourth-order valence-corrected chi connectivity index (χ4v) is 3.69. The molecule has 1 amide bonds. The van der Waals surface area contributed by atoms with E-state index in [1.54, 1.807) is 48.5 Å². The van der Waals surface area contributed by atoms with Crippen molar-refractivity contribution in [2.75, 3.05) is 0 Å². The van der Waals surface area contributed by atoms with Crippen LogP contribution in [-0.2, 0) is 13.0 Å². The molecule has 1 heterocycles. The van der Waals surface area contributed by atoms with E-state index < -0.39 is 5.69 Å². The van der Waals surface area contributed by atoms with Crippen molar-refractivity contribution >= 4 is 16.8 Å². The Hall–Kier alpha value is -3.93. The van der Waals surface area contributed by atoms with Crippen LogP contribution < -0.4 is 16.6 Å². The maximum Gasteiger partial charge on any atom is 0.329 e. The molecule has 6 heteroatoms. The summed E-state index contributed by atoms with van der Waals surface area (Å²) in [5.41, 5.74) is 2.28. The molecule has 0 saturated carbocycles. The van der Waals surface area contributed by atoms with Crippen molar-refractivity contribution in [1.29, 1.82) is 0 Å². The van der Waals surface area contributed by atoms with E-state index in [-0.39, 0.29) is 24.1 Å². The van der Waals surface area contributed by atoms with Crippen molar-refractivity contribution < 1.29 is 4.79 Å². The van der Waals surface area contributed by atoms with Crippen molar-refractivity contribution in [2.24, 2.45) is 0 Å². The number of benzene rings is 3. The number of rotatable bonds is 7. The second-order valence-electron chi connectivity index (χ2n) is 7.96. The lowest BCUT2D eigenvalue weighted by atomic mass is 10.1. The van der Waals surface area contributed by atoms with Crippen molar-refractivity contribution in [3.63, 3.8) is 0 Å². The predicted octanol–water partition coefficient (Wildman–Crippen LogP) is 3.49. The van der Waals surface area contributed by atoms with Crippen LogP contribution in [0.3, 0.4) is 0 Å².